The summed E-state index contributed by atoms with van der Waals surface area (Å²) < 4.78 is 4.87. The topological polar surface area (TPSA) is 78.9 Å². The highest BCUT2D eigenvalue weighted by molar-refractivity contribution is 5.85. The molecule has 94 valence electrons. The minimum absolute atomic E-state index is 0.162. The van der Waals surface area contributed by atoms with E-state index in [4.69, 9.17) is 9.84 Å². The highest BCUT2D eigenvalue weighted by Crippen LogP contribution is 2.12. The molecule has 0 aromatic carbocycles. The van der Waals surface area contributed by atoms with Crippen LogP contribution in [-0.2, 0) is 9.53 Å². The molecule has 0 heterocycles. The molecular formula is C10H20N2O4. The van der Waals surface area contributed by atoms with E-state index in [0.717, 1.165) is 4.90 Å². The molecule has 0 bridgehead atoms. The largest absolute Gasteiger partial charge is 0.480 e. The predicted molar refractivity (Wildman–Crippen MR) is 59.3 cm³/mol. The van der Waals surface area contributed by atoms with Crippen molar-refractivity contribution in [1.82, 2.24) is 10.2 Å². The minimum Gasteiger partial charge on any atom is -0.480 e. The molecule has 0 aromatic rings. The molecule has 0 radical (unpaired) electrons. The van der Waals surface area contributed by atoms with E-state index in [1.165, 1.54) is 28.0 Å². The maximum absolute atomic E-state index is 11.7. The number of carboxylic acid groups (broad SMARTS) is 1. The number of likely N-dealkylation sites (N-methyl/N-ethyl adjacent to an activating group) is 1. The Kier molecular flexibility index (Phi) is 5.23. The first-order valence-corrected chi connectivity index (χ1v) is 5.00. The molecule has 0 aromatic heterocycles. The van der Waals surface area contributed by atoms with Gasteiger partial charge in [-0.15, -0.1) is 0 Å². The van der Waals surface area contributed by atoms with Crippen molar-refractivity contribution in [3.8, 4) is 0 Å². The lowest BCUT2D eigenvalue weighted by molar-refractivity contribution is -0.146. The zero-order chi connectivity index (χ0) is 12.9. The first-order valence-electron chi connectivity index (χ1n) is 5.00. The van der Waals surface area contributed by atoms with E-state index >= 15 is 0 Å². The van der Waals surface area contributed by atoms with Crippen molar-refractivity contribution in [2.75, 3.05) is 20.8 Å². The van der Waals surface area contributed by atoms with Gasteiger partial charge in [-0.25, -0.2) is 9.59 Å². The average molecular weight is 232 g/mol. The van der Waals surface area contributed by atoms with Crippen molar-refractivity contribution in [3.05, 3.63) is 0 Å². The fraction of sp³-hybridized carbons (Fsp3) is 0.800. The quantitative estimate of drug-likeness (QED) is 0.724. The summed E-state index contributed by atoms with van der Waals surface area (Å²) in [4.78, 5) is 23.8. The molecule has 0 saturated carbocycles. The zero-order valence-corrected chi connectivity index (χ0v) is 10.4. The summed E-state index contributed by atoms with van der Waals surface area (Å²) >= 11 is 0. The van der Waals surface area contributed by atoms with Gasteiger partial charge in [0.1, 0.15) is 5.54 Å². The first-order chi connectivity index (χ1) is 7.23. The Morgan fingerprint density at radius 1 is 1.50 bits per heavy atom. The van der Waals surface area contributed by atoms with E-state index in [9.17, 15) is 9.59 Å². The van der Waals surface area contributed by atoms with Crippen molar-refractivity contribution < 1.29 is 19.4 Å². The van der Waals surface area contributed by atoms with E-state index in [2.05, 4.69) is 5.32 Å². The van der Waals surface area contributed by atoms with Gasteiger partial charge in [0.2, 0.25) is 0 Å². The first kappa shape index (κ1) is 14.7. The van der Waals surface area contributed by atoms with Crippen molar-refractivity contribution >= 4 is 12.0 Å². The number of nitrogens with zero attached hydrogens (tertiary/aromatic N) is 1. The molecule has 0 fully saturated rings. The third-order valence-corrected chi connectivity index (χ3v) is 2.45. The van der Waals surface area contributed by atoms with Gasteiger partial charge in [0, 0.05) is 14.2 Å². The smallest absolute Gasteiger partial charge is 0.329 e. The Hall–Kier alpha value is -1.30. The highest BCUT2D eigenvalue weighted by atomic mass is 16.5. The molecule has 1 unspecified atom stereocenters. The lowest BCUT2D eigenvalue weighted by atomic mass is 10.1. The monoisotopic (exact) mass is 232 g/mol. The summed E-state index contributed by atoms with van der Waals surface area (Å²) in [6.45, 7) is 5.10. The predicted octanol–water partition coefficient (Wildman–Crippen LogP) is 0.526. The summed E-state index contributed by atoms with van der Waals surface area (Å²) in [6, 6.07) is -0.596. The van der Waals surface area contributed by atoms with Crippen molar-refractivity contribution in [2.24, 2.45) is 0 Å². The second-order valence-electron chi connectivity index (χ2n) is 4.23. The lowest BCUT2D eigenvalue weighted by Gasteiger charge is -2.32. The number of urea groups is 1. The summed E-state index contributed by atoms with van der Waals surface area (Å²) in [6.07, 6.45) is 0. The van der Waals surface area contributed by atoms with Crippen LogP contribution in [0.2, 0.25) is 0 Å². The van der Waals surface area contributed by atoms with E-state index < -0.39 is 17.5 Å². The van der Waals surface area contributed by atoms with Gasteiger partial charge >= 0.3 is 12.0 Å². The van der Waals surface area contributed by atoms with E-state index in [1.807, 2.05) is 0 Å². The number of nitrogens with one attached hydrogen (secondary N) is 1. The van der Waals surface area contributed by atoms with Gasteiger partial charge in [-0.05, 0) is 20.8 Å². The molecule has 2 amide bonds. The second-order valence-corrected chi connectivity index (χ2v) is 4.23. The fourth-order valence-corrected chi connectivity index (χ4v) is 0.997. The Morgan fingerprint density at radius 3 is 2.38 bits per heavy atom. The van der Waals surface area contributed by atoms with Crippen molar-refractivity contribution in [2.45, 2.75) is 32.4 Å². The van der Waals surface area contributed by atoms with E-state index in [0.29, 0.717) is 6.61 Å². The maximum Gasteiger partial charge on any atom is 0.329 e. The van der Waals surface area contributed by atoms with Crippen LogP contribution in [0.1, 0.15) is 20.8 Å². The second kappa shape index (κ2) is 5.69. The zero-order valence-electron chi connectivity index (χ0n) is 10.4. The summed E-state index contributed by atoms with van der Waals surface area (Å²) in [5.74, 6) is -1.05. The molecule has 0 aliphatic heterocycles. The number of carbonyl (C=O) groups is 2. The molecule has 6 heteroatoms. The molecule has 6 nitrogen and oxygen atoms in total. The standard InChI is InChI=1S/C10H20N2O4/c1-7(6-16-5)11-9(15)12(4)10(2,3)8(13)14/h7H,6H2,1-5H3,(H,11,15)(H,13,14). The minimum atomic E-state index is -1.24. The summed E-state index contributed by atoms with van der Waals surface area (Å²) in [7, 11) is 2.98. The molecule has 2 N–H and O–H groups in total. The van der Waals surface area contributed by atoms with Crippen LogP contribution in [0.3, 0.4) is 0 Å². The van der Waals surface area contributed by atoms with Crippen LogP contribution in [0.5, 0.6) is 0 Å². The average Bonchev–Trinajstić information content (AvgIpc) is 2.16. The third-order valence-electron chi connectivity index (χ3n) is 2.45. The number of amides is 2. The molecule has 1 atom stereocenters. The number of aliphatic carboxylic acids is 1. The number of ether oxygens (including phenoxy) is 1. The Balaban J connectivity index is 4.45. The third kappa shape index (κ3) is 3.69. The molecule has 0 spiro atoms. The molecule has 0 rings (SSSR count). The molecular weight excluding hydrogens is 212 g/mol. The van der Waals surface area contributed by atoms with Gasteiger partial charge in [-0.3, -0.25) is 0 Å². The van der Waals surface area contributed by atoms with Gasteiger partial charge in [0.05, 0.1) is 12.6 Å². The molecule has 16 heavy (non-hydrogen) atoms. The van der Waals surface area contributed by atoms with Crippen molar-refractivity contribution in [3.63, 3.8) is 0 Å². The fourth-order valence-electron chi connectivity index (χ4n) is 0.997. The van der Waals surface area contributed by atoms with Gasteiger partial charge in [-0.1, -0.05) is 0 Å². The van der Waals surface area contributed by atoms with Gasteiger partial charge in [0.25, 0.3) is 0 Å². The lowest BCUT2D eigenvalue weighted by Crippen LogP contribution is -2.55. The van der Waals surface area contributed by atoms with E-state index in [-0.39, 0.29) is 6.04 Å². The number of hydrogen-bond donors (Lipinski definition) is 2. The number of carbonyl (C=O) groups excluding carboxylic acids is 1. The van der Waals surface area contributed by atoms with Gasteiger partial charge in [0.15, 0.2) is 0 Å². The summed E-state index contributed by atoms with van der Waals surface area (Å²) in [5.41, 5.74) is -1.24. The molecule has 0 aliphatic rings. The van der Waals surface area contributed by atoms with Gasteiger partial charge < -0.3 is 20.1 Å². The van der Waals surface area contributed by atoms with Crippen LogP contribution in [-0.4, -0.2) is 54.4 Å². The van der Waals surface area contributed by atoms with E-state index in [1.54, 1.807) is 6.92 Å². The van der Waals surface area contributed by atoms with Crippen LogP contribution in [0, 0.1) is 0 Å². The van der Waals surface area contributed by atoms with Crippen LogP contribution in [0.4, 0.5) is 4.79 Å². The number of rotatable bonds is 5. The Bertz CT molecular complexity index is 266. The van der Waals surface area contributed by atoms with Crippen LogP contribution < -0.4 is 5.32 Å². The van der Waals surface area contributed by atoms with Crippen LogP contribution >= 0.6 is 0 Å². The molecule has 0 saturated heterocycles. The van der Waals surface area contributed by atoms with Crippen LogP contribution in [0.25, 0.3) is 0 Å². The number of methoxy groups -OCH3 is 1. The molecule has 0 aliphatic carbocycles. The highest BCUT2D eigenvalue weighted by Gasteiger charge is 2.35. The maximum atomic E-state index is 11.7. The SMILES string of the molecule is COCC(C)NC(=O)N(C)C(C)(C)C(=O)O. The Labute approximate surface area is 95.6 Å². The van der Waals surface area contributed by atoms with Crippen LogP contribution in [0.15, 0.2) is 0 Å². The number of hydrogen-bond acceptors (Lipinski definition) is 3. The summed E-state index contributed by atoms with van der Waals surface area (Å²) in [5, 5.41) is 11.6. The van der Waals surface area contributed by atoms with Crippen molar-refractivity contribution in [1.29, 1.82) is 0 Å². The Morgan fingerprint density at radius 2 is 2.00 bits per heavy atom. The number of carboxylic acids is 1. The van der Waals surface area contributed by atoms with Gasteiger partial charge in [-0.2, -0.15) is 0 Å². The normalized spacial score (nSPS) is 13.1.